The van der Waals surface area contributed by atoms with Crippen molar-refractivity contribution in [2.24, 2.45) is 5.41 Å². The Kier molecular flexibility index (Phi) is 4.57. The van der Waals surface area contributed by atoms with Crippen molar-refractivity contribution in [3.05, 3.63) is 34.4 Å². The highest BCUT2D eigenvalue weighted by Gasteiger charge is 2.41. The molecule has 2 saturated heterocycles. The van der Waals surface area contributed by atoms with Crippen LogP contribution >= 0.6 is 23.2 Å². The summed E-state index contributed by atoms with van der Waals surface area (Å²) in [6.07, 6.45) is 5.32. The van der Waals surface area contributed by atoms with Crippen LogP contribution in [0.4, 0.5) is 11.6 Å². The molecule has 2 N–H and O–H groups in total. The molecule has 0 radical (unpaired) electrons. The minimum atomic E-state index is 0.302. The maximum atomic E-state index is 6.36. The number of halogens is 2. The van der Waals surface area contributed by atoms with Crippen molar-refractivity contribution < 1.29 is 4.74 Å². The first-order chi connectivity index (χ1) is 14.0. The average molecular weight is 433 g/mol. The molecule has 7 nitrogen and oxygen atoms in total. The van der Waals surface area contributed by atoms with Gasteiger partial charge in [0.05, 0.1) is 34.6 Å². The number of nitrogen functional groups attached to an aromatic ring is 1. The third-order valence-electron chi connectivity index (χ3n) is 6.08. The lowest BCUT2D eigenvalue weighted by Gasteiger charge is -2.39. The van der Waals surface area contributed by atoms with E-state index >= 15 is 0 Å². The van der Waals surface area contributed by atoms with Crippen LogP contribution in [0.15, 0.2) is 24.4 Å². The third kappa shape index (κ3) is 3.21. The van der Waals surface area contributed by atoms with Crippen molar-refractivity contribution in [3.63, 3.8) is 0 Å². The van der Waals surface area contributed by atoms with Gasteiger partial charge in [0.1, 0.15) is 5.52 Å². The smallest absolute Gasteiger partial charge is 0.183 e. The molecule has 5 rings (SSSR count). The van der Waals surface area contributed by atoms with E-state index < -0.39 is 0 Å². The first-order valence-corrected chi connectivity index (χ1v) is 10.5. The second kappa shape index (κ2) is 7.00. The molecule has 1 atom stereocenters. The largest absolute Gasteiger partial charge is 0.381 e. The summed E-state index contributed by atoms with van der Waals surface area (Å²) < 4.78 is 7.45. The molecule has 4 heterocycles. The minimum Gasteiger partial charge on any atom is -0.381 e. The highest BCUT2D eigenvalue weighted by molar-refractivity contribution is 6.43. The normalized spacial score (nSPS) is 21.3. The van der Waals surface area contributed by atoms with Crippen molar-refractivity contribution in [2.45, 2.75) is 32.3 Å². The number of anilines is 2. The van der Waals surface area contributed by atoms with E-state index in [1.807, 2.05) is 12.1 Å². The monoisotopic (exact) mass is 432 g/mol. The molecule has 0 saturated carbocycles. The van der Waals surface area contributed by atoms with Crippen LogP contribution in [0.5, 0.6) is 0 Å². The molecule has 0 aliphatic carbocycles. The maximum Gasteiger partial charge on any atom is 0.183 e. The van der Waals surface area contributed by atoms with Crippen molar-refractivity contribution in [3.8, 4) is 5.69 Å². The summed E-state index contributed by atoms with van der Waals surface area (Å²) >= 11 is 12.5. The molecule has 9 heteroatoms. The van der Waals surface area contributed by atoms with Crippen LogP contribution < -0.4 is 10.6 Å². The molecule has 0 amide bonds. The Morgan fingerprint density at radius 3 is 2.72 bits per heavy atom. The fourth-order valence-corrected chi connectivity index (χ4v) is 4.88. The molecule has 2 aliphatic heterocycles. The van der Waals surface area contributed by atoms with Crippen molar-refractivity contribution in [2.75, 3.05) is 30.3 Å². The van der Waals surface area contributed by atoms with Gasteiger partial charge in [0.15, 0.2) is 17.3 Å². The fraction of sp³-hybridized carbons (Fsp3) is 0.450. The number of ether oxygens (including phenoxy) is 1. The Balaban J connectivity index is 1.45. The SMILES string of the molecule is C[C@H]1CC2(CCN(c3nc4cnn(-c5cccc(Cl)c5Cl)c4nc3N)CC2)CO1. The molecule has 1 aromatic carbocycles. The first-order valence-electron chi connectivity index (χ1n) is 9.78. The van der Waals surface area contributed by atoms with Crippen LogP contribution in [-0.2, 0) is 4.74 Å². The zero-order valence-electron chi connectivity index (χ0n) is 16.1. The van der Waals surface area contributed by atoms with E-state index in [-0.39, 0.29) is 0 Å². The number of fused-ring (bicyclic) bond motifs is 1. The number of rotatable bonds is 2. The van der Waals surface area contributed by atoms with Gasteiger partial charge in [-0.05, 0) is 43.7 Å². The van der Waals surface area contributed by atoms with Gasteiger partial charge in [0, 0.05) is 13.1 Å². The predicted molar refractivity (Wildman–Crippen MR) is 115 cm³/mol. The number of nitrogens with zero attached hydrogens (tertiary/aromatic N) is 5. The molecule has 2 aliphatic rings. The summed E-state index contributed by atoms with van der Waals surface area (Å²) in [5, 5.41) is 5.29. The number of hydrogen-bond donors (Lipinski definition) is 1. The molecule has 1 spiro atoms. The topological polar surface area (TPSA) is 82.1 Å². The Morgan fingerprint density at radius 1 is 1.21 bits per heavy atom. The molecule has 0 unspecified atom stereocenters. The molecular formula is C20H22Cl2N6O. The van der Waals surface area contributed by atoms with Gasteiger partial charge in [-0.3, -0.25) is 0 Å². The van der Waals surface area contributed by atoms with E-state index in [4.69, 9.17) is 38.7 Å². The second-order valence-electron chi connectivity index (χ2n) is 8.08. The van der Waals surface area contributed by atoms with Crippen LogP contribution in [-0.4, -0.2) is 45.5 Å². The van der Waals surface area contributed by atoms with E-state index in [1.54, 1.807) is 16.9 Å². The number of nitrogens with two attached hydrogens (primary N) is 1. The zero-order valence-corrected chi connectivity index (χ0v) is 17.6. The number of benzene rings is 1. The molecular weight excluding hydrogens is 411 g/mol. The molecule has 152 valence electrons. The highest BCUT2D eigenvalue weighted by Crippen LogP contribution is 2.43. The van der Waals surface area contributed by atoms with Gasteiger partial charge in [-0.1, -0.05) is 29.3 Å². The van der Waals surface area contributed by atoms with Crippen molar-refractivity contribution in [1.82, 2.24) is 19.7 Å². The van der Waals surface area contributed by atoms with E-state index in [0.29, 0.717) is 44.2 Å². The Morgan fingerprint density at radius 2 is 2.00 bits per heavy atom. The van der Waals surface area contributed by atoms with Gasteiger partial charge in [-0.25, -0.2) is 14.6 Å². The lowest BCUT2D eigenvalue weighted by atomic mass is 9.77. The molecule has 0 bridgehead atoms. The van der Waals surface area contributed by atoms with E-state index in [9.17, 15) is 0 Å². The third-order valence-corrected chi connectivity index (χ3v) is 6.89. The lowest BCUT2D eigenvalue weighted by Crippen LogP contribution is -2.41. The van der Waals surface area contributed by atoms with Gasteiger partial charge < -0.3 is 15.4 Å². The zero-order chi connectivity index (χ0) is 20.2. The Hall–Kier alpha value is -2.09. The Bertz CT molecular complexity index is 1080. The van der Waals surface area contributed by atoms with E-state index in [1.165, 1.54) is 0 Å². The summed E-state index contributed by atoms with van der Waals surface area (Å²) in [5.74, 6) is 1.11. The summed E-state index contributed by atoms with van der Waals surface area (Å²) in [7, 11) is 0. The predicted octanol–water partition coefficient (Wildman–Crippen LogP) is 4.10. The second-order valence-corrected chi connectivity index (χ2v) is 8.87. The highest BCUT2D eigenvalue weighted by atomic mass is 35.5. The molecule has 3 aromatic rings. The van der Waals surface area contributed by atoms with E-state index in [0.717, 1.165) is 44.8 Å². The van der Waals surface area contributed by atoms with Gasteiger partial charge in [-0.2, -0.15) is 5.10 Å². The Labute approximate surface area is 178 Å². The van der Waals surface area contributed by atoms with E-state index in [2.05, 4.69) is 21.9 Å². The fourth-order valence-electron chi connectivity index (χ4n) is 4.51. The first kappa shape index (κ1) is 18.9. The van der Waals surface area contributed by atoms with Gasteiger partial charge >= 0.3 is 0 Å². The molecule has 29 heavy (non-hydrogen) atoms. The quantitative estimate of drug-likeness (QED) is 0.656. The maximum absolute atomic E-state index is 6.36. The summed E-state index contributed by atoms with van der Waals surface area (Å²) in [4.78, 5) is 11.6. The number of piperidine rings is 1. The summed E-state index contributed by atoms with van der Waals surface area (Å²) in [5.41, 5.74) is 8.49. The standard InChI is InChI=1S/C20H22Cl2N6O/c1-12-9-20(11-29-12)5-7-27(8-6-20)19-17(23)26-18-14(25-19)10-24-28(18)15-4-2-3-13(21)16(15)22/h2-4,10,12H,5-9,11H2,1H3,(H2,23,26)/t12-/m0/s1. The van der Waals surface area contributed by atoms with Crippen LogP contribution in [0.25, 0.3) is 16.9 Å². The summed E-state index contributed by atoms with van der Waals surface area (Å²) in [6, 6.07) is 5.39. The molecule has 2 aromatic heterocycles. The number of hydrogen-bond acceptors (Lipinski definition) is 6. The van der Waals surface area contributed by atoms with Crippen LogP contribution in [0, 0.1) is 5.41 Å². The van der Waals surface area contributed by atoms with Crippen LogP contribution in [0.1, 0.15) is 26.2 Å². The minimum absolute atomic E-state index is 0.302. The van der Waals surface area contributed by atoms with Gasteiger partial charge in [-0.15, -0.1) is 0 Å². The van der Waals surface area contributed by atoms with Crippen LogP contribution in [0.3, 0.4) is 0 Å². The van der Waals surface area contributed by atoms with Crippen molar-refractivity contribution >= 4 is 46.0 Å². The van der Waals surface area contributed by atoms with Gasteiger partial charge in [0.25, 0.3) is 0 Å². The lowest BCUT2D eigenvalue weighted by molar-refractivity contribution is 0.0976. The van der Waals surface area contributed by atoms with Crippen molar-refractivity contribution in [1.29, 1.82) is 0 Å². The summed E-state index contributed by atoms with van der Waals surface area (Å²) in [6.45, 7) is 4.81. The van der Waals surface area contributed by atoms with Crippen LogP contribution in [0.2, 0.25) is 10.0 Å². The number of aromatic nitrogens is 4. The van der Waals surface area contributed by atoms with Gasteiger partial charge in [0.2, 0.25) is 0 Å². The molecule has 2 fully saturated rings. The average Bonchev–Trinajstić information content (AvgIpc) is 3.27.